The number of primary amides is 1. The van der Waals surface area contributed by atoms with Crippen LogP contribution in [0.4, 0.5) is 0 Å². The van der Waals surface area contributed by atoms with Crippen LogP contribution in [0.15, 0.2) is 18.2 Å². The van der Waals surface area contributed by atoms with E-state index in [0.29, 0.717) is 25.1 Å². The van der Waals surface area contributed by atoms with Crippen molar-refractivity contribution in [1.29, 1.82) is 0 Å². The minimum absolute atomic E-state index is 0.0225. The summed E-state index contributed by atoms with van der Waals surface area (Å²) in [5, 5.41) is 9.85. The zero-order valence-corrected chi connectivity index (χ0v) is 11.6. The molecule has 0 radical (unpaired) electrons. The van der Waals surface area contributed by atoms with Crippen LogP contribution in [0.5, 0.6) is 5.75 Å². The van der Waals surface area contributed by atoms with E-state index >= 15 is 0 Å². The van der Waals surface area contributed by atoms with Crippen molar-refractivity contribution >= 4 is 11.8 Å². The predicted octanol–water partition coefficient (Wildman–Crippen LogP) is 1.43. The fraction of sp³-hybridized carbons (Fsp3) is 0.467. The first-order valence-electron chi connectivity index (χ1n) is 6.84. The molecule has 0 unspecified atom stereocenters. The summed E-state index contributed by atoms with van der Waals surface area (Å²) >= 11 is 0. The van der Waals surface area contributed by atoms with E-state index in [4.69, 9.17) is 5.73 Å². The molecule has 2 amide bonds. The number of carbonyl (C=O) groups is 2. The van der Waals surface area contributed by atoms with Gasteiger partial charge in [-0.15, -0.1) is 0 Å². The van der Waals surface area contributed by atoms with E-state index in [9.17, 15) is 14.7 Å². The van der Waals surface area contributed by atoms with Crippen molar-refractivity contribution in [2.24, 2.45) is 11.7 Å². The Hall–Kier alpha value is -2.04. The largest absolute Gasteiger partial charge is 0.507 e. The lowest BCUT2D eigenvalue weighted by molar-refractivity contribution is -0.119. The second-order valence-electron chi connectivity index (χ2n) is 5.43. The Morgan fingerprint density at radius 2 is 2.00 bits per heavy atom. The van der Waals surface area contributed by atoms with E-state index in [0.717, 1.165) is 18.4 Å². The molecule has 1 aromatic carbocycles. The normalized spacial score (nSPS) is 16.1. The van der Waals surface area contributed by atoms with Crippen LogP contribution in [0, 0.1) is 12.8 Å². The van der Waals surface area contributed by atoms with E-state index in [1.165, 1.54) is 0 Å². The van der Waals surface area contributed by atoms with Gasteiger partial charge in [-0.3, -0.25) is 9.59 Å². The van der Waals surface area contributed by atoms with Gasteiger partial charge in [0.15, 0.2) is 0 Å². The molecule has 5 heteroatoms. The number of amides is 2. The molecule has 0 aliphatic carbocycles. The van der Waals surface area contributed by atoms with Gasteiger partial charge in [0.05, 0.1) is 5.56 Å². The Balaban J connectivity index is 1.99. The zero-order valence-electron chi connectivity index (χ0n) is 11.6. The molecule has 20 heavy (non-hydrogen) atoms. The van der Waals surface area contributed by atoms with Gasteiger partial charge in [0, 0.05) is 19.5 Å². The van der Waals surface area contributed by atoms with Crippen LogP contribution in [-0.4, -0.2) is 34.9 Å². The smallest absolute Gasteiger partial charge is 0.257 e. The average Bonchev–Trinajstić information content (AvgIpc) is 2.38. The van der Waals surface area contributed by atoms with E-state index in [1.807, 2.05) is 13.0 Å². The molecule has 1 aliphatic heterocycles. The second kappa shape index (κ2) is 5.94. The number of piperidine rings is 1. The molecular formula is C15H20N2O3. The number of hydrogen-bond acceptors (Lipinski definition) is 3. The van der Waals surface area contributed by atoms with Crippen molar-refractivity contribution < 1.29 is 14.7 Å². The molecular weight excluding hydrogens is 256 g/mol. The lowest BCUT2D eigenvalue weighted by atomic mass is 9.93. The van der Waals surface area contributed by atoms with Gasteiger partial charge in [-0.1, -0.05) is 6.07 Å². The van der Waals surface area contributed by atoms with E-state index in [-0.39, 0.29) is 23.5 Å². The molecule has 0 bridgehead atoms. The number of aryl methyl sites for hydroxylation is 1. The van der Waals surface area contributed by atoms with Crippen LogP contribution in [0.25, 0.3) is 0 Å². The molecule has 3 N–H and O–H groups in total. The number of carbonyl (C=O) groups excluding carboxylic acids is 2. The summed E-state index contributed by atoms with van der Waals surface area (Å²) in [7, 11) is 0. The number of phenols is 1. The molecule has 108 valence electrons. The van der Waals surface area contributed by atoms with Gasteiger partial charge in [0.1, 0.15) is 5.75 Å². The van der Waals surface area contributed by atoms with Gasteiger partial charge < -0.3 is 15.7 Å². The van der Waals surface area contributed by atoms with Crippen LogP contribution < -0.4 is 5.73 Å². The topological polar surface area (TPSA) is 83.6 Å². The van der Waals surface area contributed by atoms with Gasteiger partial charge in [-0.05, 0) is 43.4 Å². The highest BCUT2D eigenvalue weighted by molar-refractivity contribution is 5.97. The number of aromatic hydroxyl groups is 1. The monoisotopic (exact) mass is 276 g/mol. The summed E-state index contributed by atoms with van der Waals surface area (Å²) in [5.74, 6) is -0.150. The number of phenolic OH excluding ortho intramolecular Hbond substituents is 1. The van der Waals surface area contributed by atoms with Crippen LogP contribution >= 0.6 is 0 Å². The van der Waals surface area contributed by atoms with Crippen molar-refractivity contribution in [1.82, 2.24) is 4.90 Å². The SMILES string of the molecule is Cc1ccc(C(=O)N2CCC(CC(N)=O)CC2)c(O)c1. The molecule has 1 saturated heterocycles. The van der Waals surface area contributed by atoms with Gasteiger partial charge in [0.25, 0.3) is 5.91 Å². The van der Waals surface area contributed by atoms with Crippen LogP contribution in [-0.2, 0) is 4.79 Å². The summed E-state index contributed by atoms with van der Waals surface area (Å²) in [5.41, 5.74) is 6.44. The van der Waals surface area contributed by atoms with Crippen molar-refractivity contribution in [3.63, 3.8) is 0 Å². The molecule has 0 saturated carbocycles. The molecule has 0 spiro atoms. The Bertz CT molecular complexity index is 520. The highest BCUT2D eigenvalue weighted by Crippen LogP contribution is 2.25. The summed E-state index contributed by atoms with van der Waals surface area (Å²) in [4.78, 5) is 24.9. The Labute approximate surface area is 118 Å². The van der Waals surface area contributed by atoms with Gasteiger partial charge in [-0.2, -0.15) is 0 Å². The van der Waals surface area contributed by atoms with Crippen molar-refractivity contribution in [3.05, 3.63) is 29.3 Å². The van der Waals surface area contributed by atoms with E-state index in [2.05, 4.69) is 0 Å². The fourth-order valence-corrected chi connectivity index (χ4v) is 2.62. The second-order valence-corrected chi connectivity index (χ2v) is 5.43. The number of nitrogens with two attached hydrogens (primary N) is 1. The summed E-state index contributed by atoms with van der Waals surface area (Å²) in [6.07, 6.45) is 1.94. The third kappa shape index (κ3) is 3.29. The third-order valence-corrected chi connectivity index (χ3v) is 3.78. The summed E-state index contributed by atoms with van der Waals surface area (Å²) < 4.78 is 0. The Morgan fingerprint density at radius 1 is 1.35 bits per heavy atom. The summed E-state index contributed by atoms with van der Waals surface area (Å²) in [6, 6.07) is 5.06. The predicted molar refractivity (Wildman–Crippen MR) is 75.3 cm³/mol. The first-order chi connectivity index (χ1) is 9.47. The number of benzene rings is 1. The quantitative estimate of drug-likeness (QED) is 0.876. The molecule has 1 aromatic rings. The van der Waals surface area contributed by atoms with Gasteiger partial charge >= 0.3 is 0 Å². The molecule has 0 aromatic heterocycles. The Kier molecular flexibility index (Phi) is 4.27. The third-order valence-electron chi connectivity index (χ3n) is 3.78. The average molecular weight is 276 g/mol. The van der Waals surface area contributed by atoms with Crippen LogP contribution in [0.2, 0.25) is 0 Å². The number of likely N-dealkylation sites (tertiary alicyclic amines) is 1. The standard InChI is InChI=1S/C15H20N2O3/c1-10-2-3-12(13(18)8-10)15(20)17-6-4-11(5-7-17)9-14(16)19/h2-3,8,11,18H,4-7,9H2,1H3,(H2,16,19). The number of nitrogens with zero attached hydrogens (tertiary/aromatic N) is 1. The van der Waals surface area contributed by atoms with Crippen molar-refractivity contribution in [2.45, 2.75) is 26.2 Å². The maximum Gasteiger partial charge on any atom is 0.257 e. The number of rotatable bonds is 3. The van der Waals surface area contributed by atoms with Crippen molar-refractivity contribution in [2.75, 3.05) is 13.1 Å². The van der Waals surface area contributed by atoms with Crippen LogP contribution in [0.1, 0.15) is 35.2 Å². The van der Waals surface area contributed by atoms with Gasteiger partial charge in [-0.25, -0.2) is 0 Å². The molecule has 1 heterocycles. The first-order valence-corrected chi connectivity index (χ1v) is 6.84. The van der Waals surface area contributed by atoms with Crippen LogP contribution in [0.3, 0.4) is 0 Å². The zero-order chi connectivity index (χ0) is 14.7. The molecule has 2 rings (SSSR count). The molecule has 5 nitrogen and oxygen atoms in total. The highest BCUT2D eigenvalue weighted by atomic mass is 16.3. The summed E-state index contributed by atoms with van der Waals surface area (Å²) in [6.45, 7) is 3.07. The van der Waals surface area contributed by atoms with E-state index in [1.54, 1.807) is 17.0 Å². The highest BCUT2D eigenvalue weighted by Gasteiger charge is 2.25. The maximum atomic E-state index is 12.3. The number of hydrogen-bond donors (Lipinski definition) is 2. The molecule has 1 fully saturated rings. The van der Waals surface area contributed by atoms with Gasteiger partial charge in [0.2, 0.25) is 5.91 Å². The van der Waals surface area contributed by atoms with E-state index < -0.39 is 0 Å². The lowest BCUT2D eigenvalue weighted by Gasteiger charge is -2.31. The molecule has 0 atom stereocenters. The maximum absolute atomic E-state index is 12.3. The first kappa shape index (κ1) is 14.4. The van der Waals surface area contributed by atoms with Crippen molar-refractivity contribution in [3.8, 4) is 5.75 Å². The lowest BCUT2D eigenvalue weighted by Crippen LogP contribution is -2.39. The fourth-order valence-electron chi connectivity index (χ4n) is 2.62. The minimum Gasteiger partial charge on any atom is -0.507 e. The minimum atomic E-state index is -0.286. The Morgan fingerprint density at radius 3 is 2.55 bits per heavy atom. The molecule has 1 aliphatic rings.